The lowest BCUT2D eigenvalue weighted by Gasteiger charge is -2.43. The van der Waals surface area contributed by atoms with Crippen molar-refractivity contribution in [1.82, 2.24) is 0 Å². The van der Waals surface area contributed by atoms with Gasteiger partial charge in [-0.15, -0.1) is 11.6 Å². The second-order valence-corrected chi connectivity index (χ2v) is 12.1. The topological polar surface area (TPSA) is 9.23 Å². The highest BCUT2D eigenvalue weighted by atomic mass is 35.5. The average Bonchev–Trinajstić information content (AvgIpc) is 2.59. The van der Waals surface area contributed by atoms with Crippen LogP contribution in [0, 0.1) is 0 Å². The van der Waals surface area contributed by atoms with Gasteiger partial charge in [-0.05, 0) is 28.8 Å². The summed E-state index contributed by atoms with van der Waals surface area (Å²) >= 11 is 5.82. The van der Waals surface area contributed by atoms with Crippen molar-refractivity contribution in [3.05, 3.63) is 72.3 Å². The van der Waals surface area contributed by atoms with E-state index in [2.05, 4.69) is 94.4 Å². The Labute approximate surface area is 158 Å². The summed E-state index contributed by atoms with van der Waals surface area (Å²) in [4.78, 5) is 0. The Kier molecular flexibility index (Phi) is 7.06. The molecule has 0 saturated carbocycles. The molecule has 0 unspecified atom stereocenters. The molecule has 0 aromatic heterocycles. The van der Waals surface area contributed by atoms with E-state index in [1.54, 1.807) is 0 Å². The molecule has 0 radical (unpaired) electrons. The molecule has 0 spiro atoms. The highest BCUT2D eigenvalue weighted by Crippen LogP contribution is 2.36. The molecular formula is C22H29ClOSi. The Morgan fingerprint density at radius 3 is 1.84 bits per heavy atom. The van der Waals surface area contributed by atoms with Crippen molar-refractivity contribution >= 4 is 30.3 Å². The maximum Gasteiger partial charge on any atom is 0.261 e. The van der Waals surface area contributed by atoms with Crippen LogP contribution in [0.15, 0.2) is 72.3 Å². The number of halogens is 1. The van der Waals surface area contributed by atoms with Crippen LogP contribution in [0.25, 0.3) is 0 Å². The molecule has 0 heterocycles. The quantitative estimate of drug-likeness (QED) is 0.371. The van der Waals surface area contributed by atoms with Gasteiger partial charge in [0.2, 0.25) is 0 Å². The summed E-state index contributed by atoms with van der Waals surface area (Å²) in [5.74, 6) is 0.561. The molecule has 0 aliphatic heterocycles. The van der Waals surface area contributed by atoms with E-state index in [0.29, 0.717) is 12.5 Å². The zero-order valence-electron chi connectivity index (χ0n) is 15.8. The van der Waals surface area contributed by atoms with Crippen molar-refractivity contribution in [3.8, 4) is 0 Å². The number of benzene rings is 2. The van der Waals surface area contributed by atoms with Crippen molar-refractivity contribution in [2.75, 3.05) is 12.5 Å². The van der Waals surface area contributed by atoms with Crippen molar-refractivity contribution < 1.29 is 4.43 Å². The maximum absolute atomic E-state index is 6.84. The van der Waals surface area contributed by atoms with Gasteiger partial charge in [0.15, 0.2) is 0 Å². The number of hydrogen-bond donors (Lipinski definition) is 0. The Hall–Kier alpha value is -1.35. The first-order valence-electron chi connectivity index (χ1n) is 8.88. The number of hydrogen-bond acceptors (Lipinski definition) is 1. The van der Waals surface area contributed by atoms with E-state index >= 15 is 0 Å². The summed E-state index contributed by atoms with van der Waals surface area (Å²) in [7, 11) is -2.40. The monoisotopic (exact) mass is 372 g/mol. The van der Waals surface area contributed by atoms with Crippen LogP contribution in [-0.4, -0.2) is 20.8 Å². The van der Waals surface area contributed by atoms with E-state index in [9.17, 15) is 0 Å². The standard InChI is InChI=1S/C22H29ClOSi/c1-19(15-17-23)16-18-24-25(22(2,3)4,20-11-7-5-8-12-20)21-13-9-6-10-14-21/h5-15H,16-18H2,1-4H3. The first-order chi connectivity index (χ1) is 11.9. The molecule has 0 aliphatic carbocycles. The molecule has 2 aromatic carbocycles. The highest BCUT2D eigenvalue weighted by Gasteiger charge is 2.49. The third-order valence-electron chi connectivity index (χ3n) is 4.66. The van der Waals surface area contributed by atoms with E-state index in [1.807, 2.05) is 0 Å². The third-order valence-corrected chi connectivity index (χ3v) is 9.85. The summed E-state index contributed by atoms with van der Waals surface area (Å²) in [5, 5.41) is 2.68. The molecule has 0 atom stereocenters. The van der Waals surface area contributed by atoms with Crippen LogP contribution < -0.4 is 10.4 Å². The molecule has 0 bridgehead atoms. The Morgan fingerprint density at radius 2 is 1.44 bits per heavy atom. The minimum absolute atomic E-state index is 0.0276. The zero-order chi connectivity index (χ0) is 18.3. The smallest absolute Gasteiger partial charge is 0.261 e. The molecule has 0 amide bonds. The van der Waals surface area contributed by atoms with Gasteiger partial charge >= 0.3 is 0 Å². The van der Waals surface area contributed by atoms with Gasteiger partial charge in [-0.1, -0.05) is 93.1 Å². The summed E-state index contributed by atoms with van der Waals surface area (Å²) < 4.78 is 6.84. The molecule has 25 heavy (non-hydrogen) atoms. The molecule has 2 aromatic rings. The fourth-order valence-electron chi connectivity index (χ4n) is 3.36. The van der Waals surface area contributed by atoms with Crippen LogP contribution in [0.3, 0.4) is 0 Å². The van der Waals surface area contributed by atoms with E-state index < -0.39 is 8.32 Å². The largest absolute Gasteiger partial charge is 0.407 e. The van der Waals surface area contributed by atoms with Crippen LogP contribution >= 0.6 is 11.6 Å². The summed E-state index contributed by atoms with van der Waals surface area (Å²) in [6, 6.07) is 21.5. The van der Waals surface area contributed by atoms with Gasteiger partial charge in [0.05, 0.1) is 0 Å². The minimum Gasteiger partial charge on any atom is -0.407 e. The van der Waals surface area contributed by atoms with Crippen LogP contribution in [0.2, 0.25) is 5.04 Å². The lowest BCUT2D eigenvalue weighted by Crippen LogP contribution is -2.66. The van der Waals surface area contributed by atoms with Crippen LogP contribution in [0.1, 0.15) is 34.1 Å². The van der Waals surface area contributed by atoms with Gasteiger partial charge in [0.25, 0.3) is 8.32 Å². The van der Waals surface area contributed by atoms with Gasteiger partial charge < -0.3 is 4.43 Å². The SMILES string of the molecule is CC(=CCCl)CCO[Si](c1ccccc1)(c1ccccc1)C(C)(C)C. The third kappa shape index (κ3) is 4.63. The molecule has 0 fully saturated rings. The summed E-state index contributed by atoms with van der Waals surface area (Å²) in [6.07, 6.45) is 2.98. The van der Waals surface area contributed by atoms with Gasteiger partial charge in [0.1, 0.15) is 0 Å². The first kappa shape index (κ1) is 20.0. The zero-order valence-corrected chi connectivity index (χ0v) is 17.5. The number of rotatable bonds is 7. The predicted octanol–water partition coefficient (Wildman–Crippen LogP) is 5.14. The molecule has 0 saturated heterocycles. The van der Waals surface area contributed by atoms with Gasteiger partial charge in [-0.3, -0.25) is 0 Å². The normalized spacial score (nSPS) is 13.1. The number of allylic oxidation sites excluding steroid dienone is 1. The first-order valence-corrected chi connectivity index (χ1v) is 11.3. The molecule has 0 aliphatic rings. The van der Waals surface area contributed by atoms with Crippen molar-refractivity contribution in [1.29, 1.82) is 0 Å². The lowest BCUT2D eigenvalue weighted by atomic mass is 10.2. The average molecular weight is 373 g/mol. The van der Waals surface area contributed by atoms with E-state index in [1.165, 1.54) is 15.9 Å². The summed E-state index contributed by atoms with van der Waals surface area (Å²) in [6.45, 7) is 9.76. The fraction of sp³-hybridized carbons (Fsp3) is 0.364. The van der Waals surface area contributed by atoms with Gasteiger partial charge in [-0.25, -0.2) is 0 Å². The van der Waals surface area contributed by atoms with Crippen molar-refractivity contribution in [2.45, 2.75) is 39.2 Å². The van der Waals surface area contributed by atoms with Gasteiger partial charge in [0, 0.05) is 12.5 Å². The molecule has 3 heteroatoms. The Morgan fingerprint density at radius 1 is 0.960 bits per heavy atom. The van der Waals surface area contributed by atoms with Crippen LogP contribution in [0.5, 0.6) is 0 Å². The number of alkyl halides is 1. The van der Waals surface area contributed by atoms with E-state index in [-0.39, 0.29) is 5.04 Å². The second-order valence-electron chi connectivity index (χ2n) is 7.47. The van der Waals surface area contributed by atoms with E-state index in [4.69, 9.17) is 16.0 Å². The highest BCUT2D eigenvalue weighted by molar-refractivity contribution is 6.99. The second kappa shape index (κ2) is 8.84. The maximum atomic E-state index is 6.84. The van der Waals surface area contributed by atoms with Crippen LogP contribution in [-0.2, 0) is 4.43 Å². The molecular weight excluding hydrogens is 344 g/mol. The minimum atomic E-state index is -2.40. The van der Waals surface area contributed by atoms with Crippen molar-refractivity contribution in [3.63, 3.8) is 0 Å². The molecule has 0 N–H and O–H groups in total. The predicted molar refractivity (Wildman–Crippen MR) is 113 cm³/mol. The Bertz CT molecular complexity index is 635. The molecule has 2 rings (SSSR count). The van der Waals surface area contributed by atoms with Crippen molar-refractivity contribution in [2.24, 2.45) is 0 Å². The van der Waals surface area contributed by atoms with Crippen LogP contribution in [0.4, 0.5) is 0 Å². The molecule has 134 valence electrons. The lowest BCUT2D eigenvalue weighted by molar-refractivity contribution is 0.301. The summed E-state index contributed by atoms with van der Waals surface area (Å²) in [5.41, 5.74) is 1.29. The van der Waals surface area contributed by atoms with Gasteiger partial charge in [-0.2, -0.15) is 0 Å². The fourth-order valence-corrected chi connectivity index (χ4v) is 8.19. The Balaban J connectivity index is 2.47. The van der Waals surface area contributed by atoms with E-state index in [0.717, 1.165) is 6.42 Å². The molecule has 1 nitrogen and oxygen atoms in total.